The number of fused-ring (bicyclic) bond motifs is 1. The fourth-order valence-corrected chi connectivity index (χ4v) is 3.39. The number of hydrogen-bond donors (Lipinski definition) is 1. The number of hydrogen-bond acceptors (Lipinski definition) is 4. The van der Waals surface area contributed by atoms with Gasteiger partial charge < -0.3 is 10.2 Å². The monoisotopic (exact) mass is 334 g/mol. The van der Waals surface area contributed by atoms with Crippen LogP contribution in [-0.2, 0) is 0 Å². The fraction of sp³-hybridized carbons (Fsp3) is 0.105. The minimum atomic E-state index is 0.938. The molecule has 0 saturated carbocycles. The van der Waals surface area contributed by atoms with Crippen LogP contribution in [0, 0.1) is 0 Å². The standard InChI is InChI=1S/C19H18N4S/c1-22(2)15-10-8-14(9-11-15)20-19-18(16-6-5-13-24-16)21-17-7-3-4-12-23(17)19/h3-13,20H,1-2H3. The van der Waals surface area contributed by atoms with Crippen molar-refractivity contribution >= 4 is 34.2 Å². The zero-order valence-corrected chi connectivity index (χ0v) is 14.4. The van der Waals surface area contributed by atoms with Crippen molar-refractivity contribution in [2.45, 2.75) is 0 Å². The minimum Gasteiger partial charge on any atom is -0.378 e. The van der Waals surface area contributed by atoms with Crippen LogP contribution in [0.3, 0.4) is 0 Å². The fourth-order valence-electron chi connectivity index (χ4n) is 2.68. The van der Waals surface area contributed by atoms with Crippen molar-refractivity contribution in [3.63, 3.8) is 0 Å². The minimum absolute atomic E-state index is 0.938. The summed E-state index contributed by atoms with van der Waals surface area (Å²) in [5.74, 6) is 0.991. The Morgan fingerprint density at radius 2 is 1.83 bits per heavy atom. The summed E-state index contributed by atoms with van der Waals surface area (Å²) in [5, 5.41) is 5.62. The molecule has 4 aromatic rings. The van der Waals surface area contributed by atoms with E-state index in [1.807, 2.05) is 38.5 Å². The van der Waals surface area contributed by atoms with Crippen molar-refractivity contribution in [3.8, 4) is 10.6 Å². The largest absolute Gasteiger partial charge is 0.378 e. The molecule has 4 nitrogen and oxygen atoms in total. The summed E-state index contributed by atoms with van der Waals surface area (Å²) >= 11 is 1.70. The molecule has 0 atom stereocenters. The SMILES string of the molecule is CN(C)c1ccc(Nc2c(-c3cccs3)nc3ccccn23)cc1. The quantitative estimate of drug-likeness (QED) is 0.578. The lowest BCUT2D eigenvalue weighted by Crippen LogP contribution is -2.08. The number of imidazole rings is 1. The van der Waals surface area contributed by atoms with E-state index >= 15 is 0 Å². The highest BCUT2D eigenvalue weighted by atomic mass is 32.1. The molecule has 3 heterocycles. The maximum absolute atomic E-state index is 4.80. The van der Waals surface area contributed by atoms with Crippen LogP contribution in [0.25, 0.3) is 16.2 Å². The van der Waals surface area contributed by atoms with Crippen LogP contribution in [-0.4, -0.2) is 23.5 Å². The lowest BCUT2D eigenvalue weighted by molar-refractivity contribution is 1.13. The average Bonchev–Trinajstić information content (AvgIpc) is 3.23. The van der Waals surface area contributed by atoms with Crippen LogP contribution < -0.4 is 10.2 Å². The van der Waals surface area contributed by atoms with Crippen molar-refractivity contribution in [1.29, 1.82) is 0 Å². The maximum atomic E-state index is 4.80. The molecular formula is C19H18N4S. The van der Waals surface area contributed by atoms with Crippen molar-refractivity contribution in [3.05, 3.63) is 66.2 Å². The van der Waals surface area contributed by atoms with Crippen LogP contribution in [0.5, 0.6) is 0 Å². The van der Waals surface area contributed by atoms with Gasteiger partial charge in [0.2, 0.25) is 0 Å². The highest BCUT2D eigenvalue weighted by molar-refractivity contribution is 7.13. The number of aromatic nitrogens is 2. The zero-order chi connectivity index (χ0) is 16.5. The van der Waals surface area contributed by atoms with Gasteiger partial charge in [0.15, 0.2) is 0 Å². The number of thiophene rings is 1. The summed E-state index contributed by atoms with van der Waals surface area (Å²) in [6.07, 6.45) is 2.04. The molecule has 120 valence electrons. The van der Waals surface area contributed by atoms with Crippen molar-refractivity contribution in [2.75, 3.05) is 24.3 Å². The van der Waals surface area contributed by atoms with Gasteiger partial charge in [0, 0.05) is 31.7 Å². The Morgan fingerprint density at radius 1 is 1.00 bits per heavy atom. The van der Waals surface area contributed by atoms with E-state index in [2.05, 4.69) is 56.4 Å². The first-order valence-electron chi connectivity index (χ1n) is 7.78. The molecule has 0 aliphatic carbocycles. The van der Waals surface area contributed by atoms with Gasteiger partial charge in [-0.2, -0.15) is 0 Å². The highest BCUT2D eigenvalue weighted by Crippen LogP contribution is 2.33. The molecule has 4 rings (SSSR count). The van der Waals surface area contributed by atoms with E-state index < -0.39 is 0 Å². The first kappa shape index (κ1) is 14.8. The van der Waals surface area contributed by atoms with Crippen LogP contribution in [0.15, 0.2) is 66.2 Å². The third-order valence-electron chi connectivity index (χ3n) is 3.93. The van der Waals surface area contributed by atoms with E-state index in [0.717, 1.165) is 27.7 Å². The molecule has 0 fully saturated rings. The zero-order valence-electron chi connectivity index (χ0n) is 13.6. The molecule has 0 unspecified atom stereocenters. The Labute approximate surface area is 145 Å². The maximum Gasteiger partial charge on any atom is 0.144 e. The molecule has 0 amide bonds. The van der Waals surface area contributed by atoms with Gasteiger partial charge in [0.25, 0.3) is 0 Å². The van der Waals surface area contributed by atoms with Gasteiger partial charge in [-0.1, -0.05) is 12.1 Å². The van der Waals surface area contributed by atoms with Gasteiger partial charge in [0.05, 0.1) is 4.88 Å². The lowest BCUT2D eigenvalue weighted by atomic mass is 10.2. The Hall–Kier alpha value is -2.79. The predicted octanol–water partition coefficient (Wildman–Crippen LogP) is 4.87. The van der Waals surface area contributed by atoms with E-state index in [9.17, 15) is 0 Å². The molecule has 0 bridgehead atoms. The van der Waals surface area contributed by atoms with Crippen molar-refractivity contribution in [2.24, 2.45) is 0 Å². The molecule has 0 saturated heterocycles. The summed E-state index contributed by atoms with van der Waals surface area (Å²) in [5.41, 5.74) is 4.14. The molecule has 5 heteroatoms. The molecule has 0 aliphatic heterocycles. The first-order valence-corrected chi connectivity index (χ1v) is 8.66. The van der Waals surface area contributed by atoms with Gasteiger partial charge in [-0.3, -0.25) is 4.40 Å². The second-order valence-corrected chi connectivity index (χ2v) is 6.73. The van der Waals surface area contributed by atoms with Crippen LogP contribution in [0.2, 0.25) is 0 Å². The average molecular weight is 334 g/mol. The molecule has 3 aromatic heterocycles. The molecular weight excluding hydrogens is 316 g/mol. The van der Waals surface area contributed by atoms with Crippen LogP contribution in [0.1, 0.15) is 0 Å². The molecule has 1 N–H and O–H groups in total. The second kappa shape index (κ2) is 6.02. The van der Waals surface area contributed by atoms with Gasteiger partial charge in [-0.25, -0.2) is 4.98 Å². The van der Waals surface area contributed by atoms with Crippen LogP contribution >= 0.6 is 11.3 Å². The van der Waals surface area contributed by atoms with Gasteiger partial charge >= 0.3 is 0 Å². The molecule has 0 aliphatic rings. The third-order valence-corrected chi connectivity index (χ3v) is 4.81. The van der Waals surface area contributed by atoms with Crippen LogP contribution in [0.4, 0.5) is 17.2 Å². The van der Waals surface area contributed by atoms with Gasteiger partial charge in [-0.15, -0.1) is 11.3 Å². The van der Waals surface area contributed by atoms with E-state index in [1.165, 1.54) is 5.69 Å². The Kier molecular flexibility index (Phi) is 3.70. The lowest BCUT2D eigenvalue weighted by Gasteiger charge is -2.13. The molecule has 0 spiro atoms. The summed E-state index contributed by atoms with van der Waals surface area (Å²) < 4.78 is 2.09. The van der Waals surface area contributed by atoms with Crippen molar-refractivity contribution < 1.29 is 0 Å². The summed E-state index contributed by atoms with van der Waals surface area (Å²) in [6.45, 7) is 0. The number of nitrogens with one attached hydrogen (secondary N) is 1. The smallest absolute Gasteiger partial charge is 0.144 e. The molecule has 24 heavy (non-hydrogen) atoms. The Balaban J connectivity index is 1.79. The number of benzene rings is 1. The van der Waals surface area contributed by atoms with E-state index in [1.54, 1.807) is 11.3 Å². The second-order valence-electron chi connectivity index (χ2n) is 5.78. The van der Waals surface area contributed by atoms with E-state index in [4.69, 9.17) is 4.98 Å². The normalized spacial score (nSPS) is 10.9. The number of pyridine rings is 1. The van der Waals surface area contributed by atoms with Crippen molar-refractivity contribution in [1.82, 2.24) is 9.38 Å². The number of rotatable bonds is 4. The highest BCUT2D eigenvalue weighted by Gasteiger charge is 2.14. The summed E-state index contributed by atoms with van der Waals surface area (Å²) in [4.78, 5) is 8.05. The Bertz CT molecular complexity index is 953. The van der Waals surface area contributed by atoms with Gasteiger partial charge in [-0.05, 0) is 47.8 Å². The Morgan fingerprint density at radius 3 is 2.54 bits per heavy atom. The predicted molar refractivity (Wildman–Crippen MR) is 103 cm³/mol. The third kappa shape index (κ3) is 2.63. The molecule has 0 radical (unpaired) electrons. The van der Waals surface area contributed by atoms with Gasteiger partial charge in [0.1, 0.15) is 17.2 Å². The van der Waals surface area contributed by atoms with E-state index in [0.29, 0.717) is 0 Å². The van der Waals surface area contributed by atoms with E-state index in [-0.39, 0.29) is 0 Å². The summed E-state index contributed by atoms with van der Waals surface area (Å²) in [7, 11) is 4.09. The number of anilines is 3. The number of nitrogens with zero attached hydrogens (tertiary/aromatic N) is 3. The summed E-state index contributed by atoms with van der Waals surface area (Å²) in [6, 6.07) is 18.6. The topological polar surface area (TPSA) is 32.6 Å². The molecule has 1 aromatic carbocycles. The first-order chi connectivity index (χ1) is 11.7.